The summed E-state index contributed by atoms with van der Waals surface area (Å²) in [6.07, 6.45) is 2.56. The lowest BCUT2D eigenvalue weighted by Gasteiger charge is -2.34. The molecule has 0 aromatic heterocycles. The molecule has 0 bridgehead atoms. The van der Waals surface area contributed by atoms with E-state index in [4.69, 9.17) is 0 Å². The van der Waals surface area contributed by atoms with Crippen LogP contribution >= 0.6 is 0 Å². The van der Waals surface area contributed by atoms with Crippen molar-refractivity contribution in [1.82, 2.24) is 0 Å². The second-order valence-corrected chi connectivity index (χ2v) is 4.57. The topological polar surface area (TPSA) is 15.3 Å². The highest BCUT2D eigenvalue weighted by Gasteiger charge is 2.17. The van der Waals surface area contributed by atoms with E-state index in [1.807, 2.05) is 0 Å². The van der Waals surface area contributed by atoms with Crippen molar-refractivity contribution in [2.45, 2.75) is 26.7 Å². The Morgan fingerprint density at radius 1 is 1.25 bits per heavy atom. The van der Waals surface area contributed by atoms with Gasteiger partial charge in [-0.25, -0.2) is 0 Å². The van der Waals surface area contributed by atoms with Gasteiger partial charge in [-0.1, -0.05) is 38.8 Å². The quantitative estimate of drug-likeness (QED) is 0.833. The van der Waals surface area contributed by atoms with Crippen LogP contribution in [0.1, 0.15) is 26.7 Å². The van der Waals surface area contributed by atoms with E-state index < -0.39 is 0 Å². The van der Waals surface area contributed by atoms with Crippen LogP contribution in [0.2, 0.25) is 0 Å². The van der Waals surface area contributed by atoms with Crippen LogP contribution in [-0.2, 0) is 0 Å². The number of benzene rings is 1. The molecule has 0 atom stereocenters. The summed E-state index contributed by atoms with van der Waals surface area (Å²) in [7, 11) is 0. The van der Waals surface area contributed by atoms with Crippen LogP contribution in [0.4, 0.5) is 11.4 Å². The van der Waals surface area contributed by atoms with Gasteiger partial charge in [0, 0.05) is 19.6 Å². The molecule has 88 valence electrons. The highest BCUT2D eigenvalue weighted by atomic mass is 15.2. The van der Waals surface area contributed by atoms with E-state index in [1.165, 1.54) is 30.8 Å². The summed E-state index contributed by atoms with van der Waals surface area (Å²) in [5.74, 6) is 0.825. The summed E-state index contributed by atoms with van der Waals surface area (Å²) >= 11 is 0. The van der Waals surface area contributed by atoms with Gasteiger partial charge in [-0.15, -0.1) is 0 Å². The molecule has 16 heavy (non-hydrogen) atoms. The van der Waals surface area contributed by atoms with Crippen molar-refractivity contribution in [3.63, 3.8) is 0 Å². The number of para-hydroxylation sites is 2. The number of nitrogens with one attached hydrogen (secondary N) is 1. The van der Waals surface area contributed by atoms with E-state index in [-0.39, 0.29) is 0 Å². The molecule has 1 heterocycles. The molecule has 2 nitrogen and oxygen atoms in total. The summed E-state index contributed by atoms with van der Waals surface area (Å²) < 4.78 is 0. The van der Waals surface area contributed by atoms with Crippen LogP contribution in [0.15, 0.2) is 24.3 Å². The zero-order valence-corrected chi connectivity index (χ0v) is 10.4. The Hall–Kier alpha value is -1.18. The largest absolute Gasteiger partial charge is 0.382 e. The molecule has 1 aliphatic rings. The molecule has 0 saturated heterocycles. The lowest BCUT2D eigenvalue weighted by Crippen LogP contribution is -2.37. The van der Waals surface area contributed by atoms with Gasteiger partial charge in [0.15, 0.2) is 0 Å². The van der Waals surface area contributed by atoms with Gasteiger partial charge in [-0.2, -0.15) is 0 Å². The van der Waals surface area contributed by atoms with E-state index in [9.17, 15) is 0 Å². The first-order chi connectivity index (χ1) is 7.85. The fraction of sp³-hybridized carbons (Fsp3) is 0.571. The Morgan fingerprint density at radius 3 is 2.75 bits per heavy atom. The minimum absolute atomic E-state index is 0.825. The average molecular weight is 218 g/mol. The minimum atomic E-state index is 0.825. The van der Waals surface area contributed by atoms with Crippen molar-refractivity contribution in [1.29, 1.82) is 0 Å². The van der Waals surface area contributed by atoms with Crippen LogP contribution < -0.4 is 10.2 Å². The normalized spacial score (nSPS) is 14.8. The van der Waals surface area contributed by atoms with E-state index in [2.05, 4.69) is 48.3 Å². The molecule has 0 fully saturated rings. The molecule has 0 aliphatic carbocycles. The van der Waals surface area contributed by atoms with Crippen molar-refractivity contribution in [3.05, 3.63) is 24.3 Å². The molecule has 2 rings (SSSR count). The monoisotopic (exact) mass is 218 g/mol. The SMILES string of the molecule is CCC(CC)CN1CCNc2ccccc21. The van der Waals surface area contributed by atoms with Gasteiger partial charge in [-0.3, -0.25) is 0 Å². The number of rotatable bonds is 4. The van der Waals surface area contributed by atoms with Crippen molar-refractivity contribution in [3.8, 4) is 0 Å². The van der Waals surface area contributed by atoms with Crippen LogP contribution in [0.3, 0.4) is 0 Å². The Balaban J connectivity index is 2.12. The van der Waals surface area contributed by atoms with Crippen molar-refractivity contribution >= 4 is 11.4 Å². The molecule has 2 heteroatoms. The number of hydrogen-bond donors (Lipinski definition) is 1. The summed E-state index contributed by atoms with van der Waals surface area (Å²) in [5, 5.41) is 3.46. The van der Waals surface area contributed by atoms with Gasteiger partial charge in [-0.05, 0) is 18.1 Å². The second-order valence-electron chi connectivity index (χ2n) is 4.57. The lowest BCUT2D eigenvalue weighted by atomic mass is 10.0. The highest BCUT2D eigenvalue weighted by molar-refractivity contribution is 5.71. The molecule has 0 saturated carbocycles. The predicted octanol–water partition coefficient (Wildman–Crippen LogP) is 3.35. The summed E-state index contributed by atoms with van der Waals surface area (Å²) in [4.78, 5) is 2.53. The molecule has 1 aromatic carbocycles. The van der Waals surface area contributed by atoms with Crippen LogP contribution in [0.25, 0.3) is 0 Å². The minimum Gasteiger partial charge on any atom is -0.382 e. The molecule has 0 unspecified atom stereocenters. The van der Waals surface area contributed by atoms with Crippen molar-refractivity contribution in [2.75, 3.05) is 29.9 Å². The molecular weight excluding hydrogens is 196 g/mol. The third kappa shape index (κ3) is 2.31. The molecular formula is C14H22N2. The molecule has 1 aliphatic heterocycles. The van der Waals surface area contributed by atoms with E-state index in [0.29, 0.717) is 0 Å². The lowest BCUT2D eigenvalue weighted by molar-refractivity contribution is 0.483. The van der Waals surface area contributed by atoms with Gasteiger partial charge in [0.1, 0.15) is 0 Å². The fourth-order valence-electron chi connectivity index (χ4n) is 2.39. The molecule has 1 aromatic rings. The van der Waals surface area contributed by atoms with Gasteiger partial charge in [0.05, 0.1) is 11.4 Å². The fourth-order valence-corrected chi connectivity index (χ4v) is 2.39. The first-order valence-corrected chi connectivity index (χ1v) is 6.43. The van der Waals surface area contributed by atoms with Crippen molar-refractivity contribution in [2.24, 2.45) is 5.92 Å². The van der Waals surface area contributed by atoms with Crippen LogP contribution in [0.5, 0.6) is 0 Å². The molecule has 0 amide bonds. The Bertz CT molecular complexity index is 331. The predicted molar refractivity (Wildman–Crippen MR) is 71.2 cm³/mol. The standard InChI is InChI=1S/C14H22N2/c1-3-12(4-2)11-16-10-9-15-13-7-5-6-8-14(13)16/h5-8,12,15H,3-4,9-11H2,1-2H3. The number of hydrogen-bond acceptors (Lipinski definition) is 2. The number of fused-ring (bicyclic) bond motifs is 1. The Kier molecular flexibility index (Phi) is 3.70. The van der Waals surface area contributed by atoms with E-state index >= 15 is 0 Å². The summed E-state index contributed by atoms with van der Waals surface area (Å²) in [6.45, 7) is 7.99. The Morgan fingerprint density at radius 2 is 2.00 bits per heavy atom. The first kappa shape index (κ1) is 11.3. The molecule has 0 radical (unpaired) electrons. The van der Waals surface area contributed by atoms with Gasteiger partial charge >= 0.3 is 0 Å². The zero-order valence-electron chi connectivity index (χ0n) is 10.4. The van der Waals surface area contributed by atoms with E-state index in [0.717, 1.165) is 19.0 Å². The maximum atomic E-state index is 3.46. The number of nitrogens with zero attached hydrogens (tertiary/aromatic N) is 1. The summed E-state index contributed by atoms with van der Waals surface area (Å²) in [6, 6.07) is 8.64. The van der Waals surface area contributed by atoms with Crippen molar-refractivity contribution < 1.29 is 0 Å². The van der Waals surface area contributed by atoms with Gasteiger partial charge in [0.25, 0.3) is 0 Å². The van der Waals surface area contributed by atoms with E-state index in [1.54, 1.807) is 0 Å². The maximum Gasteiger partial charge on any atom is 0.0602 e. The Labute approximate surface area is 98.7 Å². The third-order valence-electron chi connectivity index (χ3n) is 3.58. The van der Waals surface area contributed by atoms with Gasteiger partial charge in [0.2, 0.25) is 0 Å². The second kappa shape index (κ2) is 5.24. The summed E-state index contributed by atoms with van der Waals surface area (Å²) in [5.41, 5.74) is 2.67. The maximum absolute atomic E-state index is 3.46. The van der Waals surface area contributed by atoms with Crippen LogP contribution in [-0.4, -0.2) is 19.6 Å². The van der Waals surface area contributed by atoms with Crippen LogP contribution in [0, 0.1) is 5.92 Å². The highest BCUT2D eigenvalue weighted by Crippen LogP contribution is 2.29. The molecule has 0 spiro atoms. The average Bonchev–Trinajstić information content (AvgIpc) is 2.36. The zero-order chi connectivity index (χ0) is 11.4. The smallest absolute Gasteiger partial charge is 0.0602 e. The molecule has 1 N–H and O–H groups in total. The van der Waals surface area contributed by atoms with Gasteiger partial charge < -0.3 is 10.2 Å². The first-order valence-electron chi connectivity index (χ1n) is 6.43. The number of anilines is 2. The third-order valence-corrected chi connectivity index (χ3v) is 3.58.